The Balaban J connectivity index is 0. The molecule has 0 aliphatic heterocycles. The van der Waals surface area contributed by atoms with Crippen LogP contribution in [0.1, 0.15) is 103 Å². The Hall–Kier alpha value is 1.00. The summed E-state index contributed by atoms with van der Waals surface area (Å²) < 4.78 is 0. The number of hydrogen-bond acceptors (Lipinski definition) is 2. The van der Waals surface area contributed by atoms with E-state index in [0.29, 0.717) is 6.42 Å². The van der Waals surface area contributed by atoms with E-state index in [-0.39, 0.29) is 55.0 Å². The molecule has 3 nitrogen and oxygen atoms in total. The van der Waals surface area contributed by atoms with E-state index in [0.717, 1.165) is 38.5 Å². The van der Waals surface area contributed by atoms with Gasteiger partial charge in [0.2, 0.25) is 0 Å². The van der Waals surface area contributed by atoms with Crippen LogP contribution < -0.4 is 0 Å². The smallest absolute Gasteiger partial charge is 0.303 e. The van der Waals surface area contributed by atoms with Crippen molar-refractivity contribution in [3.05, 3.63) is 0 Å². The van der Waals surface area contributed by atoms with Crippen molar-refractivity contribution in [1.82, 2.24) is 0 Å². The molecule has 2 N–H and O–H groups in total. The number of carboxylic acids is 1. The van der Waals surface area contributed by atoms with Crippen molar-refractivity contribution in [2.45, 2.75) is 109 Å². The number of aliphatic hydroxyl groups is 1. The maximum atomic E-state index is 10.3. The van der Waals surface area contributed by atoms with E-state index >= 15 is 0 Å². The van der Waals surface area contributed by atoms with Crippen molar-refractivity contribution in [3.63, 3.8) is 0 Å². The molecule has 128 valence electrons. The molecule has 0 saturated heterocycles. The van der Waals surface area contributed by atoms with E-state index in [1.54, 1.807) is 0 Å². The average molecular weight is 438 g/mol. The normalized spacial score (nSPS) is 11.9. The Morgan fingerprint density at radius 3 is 1.64 bits per heavy atom. The molecule has 0 aliphatic carbocycles. The molecule has 0 aliphatic rings. The summed E-state index contributed by atoms with van der Waals surface area (Å²) in [7, 11) is 0. The molecule has 2 radical (unpaired) electrons. The third-order valence-electron chi connectivity index (χ3n) is 4.07. The molecule has 0 spiro atoms. The van der Waals surface area contributed by atoms with Crippen molar-refractivity contribution >= 4 is 54.9 Å². The predicted octanol–water partition coefficient (Wildman–Crippen LogP) is 4.92. The van der Waals surface area contributed by atoms with Crippen molar-refractivity contribution in [3.8, 4) is 0 Å². The Morgan fingerprint density at radius 2 is 1.18 bits per heavy atom. The molecule has 1 atom stereocenters. The zero-order valence-corrected chi connectivity index (χ0v) is 19.1. The van der Waals surface area contributed by atoms with E-state index in [4.69, 9.17) is 5.11 Å². The van der Waals surface area contributed by atoms with E-state index in [9.17, 15) is 9.90 Å². The van der Waals surface area contributed by atoms with E-state index in [1.165, 1.54) is 51.4 Å². The van der Waals surface area contributed by atoms with Crippen LogP contribution in [0.15, 0.2) is 0 Å². The quantitative estimate of drug-likeness (QED) is 0.266. The second kappa shape index (κ2) is 20.0. The fourth-order valence-electron chi connectivity index (χ4n) is 2.67. The molecule has 0 aromatic rings. The van der Waals surface area contributed by atoms with Crippen LogP contribution in [-0.4, -0.2) is 71.2 Å². The van der Waals surface area contributed by atoms with Crippen molar-refractivity contribution in [2.75, 3.05) is 0 Å². The SMILES string of the molecule is CCCCCCC(O)CCCCCCCCCCC(=O)O.[Ba]. The summed E-state index contributed by atoms with van der Waals surface area (Å²) in [4.78, 5) is 10.3. The Kier molecular flexibility index (Phi) is 23.0. The topological polar surface area (TPSA) is 57.5 Å². The Morgan fingerprint density at radius 1 is 0.773 bits per heavy atom. The monoisotopic (exact) mass is 438 g/mol. The summed E-state index contributed by atoms with van der Waals surface area (Å²) in [5.74, 6) is -0.678. The number of rotatable bonds is 16. The van der Waals surface area contributed by atoms with E-state index < -0.39 is 5.97 Å². The van der Waals surface area contributed by atoms with Crippen LogP contribution in [-0.2, 0) is 4.79 Å². The first-order valence-electron chi connectivity index (χ1n) is 9.06. The molecule has 0 heterocycles. The van der Waals surface area contributed by atoms with Gasteiger partial charge in [0.1, 0.15) is 0 Å². The van der Waals surface area contributed by atoms with Gasteiger partial charge in [0.25, 0.3) is 0 Å². The number of aliphatic hydroxyl groups excluding tert-OH is 1. The molecular weight excluding hydrogens is 402 g/mol. The van der Waals surface area contributed by atoms with Gasteiger partial charge < -0.3 is 10.2 Å². The van der Waals surface area contributed by atoms with Gasteiger partial charge in [0.15, 0.2) is 0 Å². The van der Waals surface area contributed by atoms with Crippen LogP contribution in [0.4, 0.5) is 0 Å². The summed E-state index contributed by atoms with van der Waals surface area (Å²) >= 11 is 0. The van der Waals surface area contributed by atoms with Crippen molar-refractivity contribution in [2.24, 2.45) is 0 Å². The van der Waals surface area contributed by atoms with Gasteiger partial charge in [-0.25, -0.2) is 0 Å². The molecule has 0 bridgehead atoms. The summed E-state index contributed by atoms with van der Waals surface area (Å²) in [6.45, 7) is 2.21. The van der Waals surface area contributed by atoms with Gasteiger partial charge in [0.05, 0.1) is 6.10 Å². The zero-order valence-electron chi connectivity index (χ0n) is 14.7. The first-order valence-corrected chi connectivity index (χ1v) is 9.06. The van der Waals surface area contributed by atoms with E-state index in [1.807, 2.05) is 0 Å². The fourth-order valence-corrected chi connectivity index (χ4v) is 2.67. The van der Waals surface area contributed by atoms with Crippen LogP contribution >= 0.6 is 0 Å². The minimum atomic E-state index is -0.678. The summed E-state index contributed by atoms with van der Waals surface area (Å²) in [5.41, 5.74) is 0. The summed E-state index contributed by atoms with van der Waals surface area (Å²) in [6, 6.07) is 0. The fraction of sp³-hybridized carbons (Fsp3) is 0.944. The third-order valence-corrected chi connectivity index (χ3v) is 4.07. The number of aliphatic carboxylic acids is 1. The van der Waals surface area contributed by atoms with Gasteiger partial charge in [0, 0.05) is 55.3 Å². The molecule has 1 unspecified atom stereocenters. The van der Waals surface area contributed by atoms with Gasteiger partial charge in [-0.05, 0) is 19.3 Å². The number of carboxylic acid groups (broad SMARTS) is 1. The van der Waals surface area contributed by atoms with Crippen molar-refractivity contribution in [1.29, 1.82) is 0 Å². The molecule has 0 aromatic carbocycles. The molecule has 0 aromatic heterocycles. The first kappa shape index (κ1) is 25.2. The molecule has 4 heteroatoms. The minimum absolute atomic E-state index is 0. The molecule has 0 rings (SSSR count). The first-order chi connectivity index (χ1) is 10.2. The molecule has 0 amide bonds. The van der Waals surface area contributed by atoms with Crippen LogP contribution in [0.2, 0.25) is 0 Å². The predicted molar refractivity (Wildman–Crippen MR) is 94.3 cm³/mol. The summed E-state index contributed by atoms with van der Waals surface area (Å²) in [5, 5.41) is 18.4. The van der Waals surface area contributed by atoms with Gasteiger partial charge >= 0.3 is 5.97 Å². The molecular formula is C18H36BaO3. The maximum absolute atomic E-state index is 10.3. The van der Waals surface area contributed by atoms with Gasteiger partial charge in [-0.1, -0.05) is 77.6 Å². The van der Waals surface area contributed by atoms with Crippen LogP contribution in [0.25, 0.3) is 0 Å². The van der Waals surface area contributed by atoms with Crippen LogP contribution in [0.5, 0.6) is 0 Å². The molecule has 22 heavy (non-hydrogen) atoms. The number of carbonyl (C=O) groups is 1. The van der Waals surface area contributed by atoms with E-state index in [2.05, 4.69) is 6.92 Å². The standard InChI is InChI=1S/C18H36O3.Ba/c1-2-3-4-11-14-17(19)15-12-9-7-5-6-8-10-13-16-18(20)21;/h17,19H,2-16H2,1H3,(H,20,21);. The molecule has 0 saturated carbocycles. The zero-order chi connectivity index (χ0) is 15.8. The second-order valence-corrected chi connectivity index (χ2v) is 6.26. The Bertz CT molecular complexity index is 234. The average Bonchev–Trinajstić information content (AvgIpc) is 2.45. The molecule has 0 fully saturated rings. The largest absolute Gasteiger partial charge is 0.481 e. The van der Waals surface area contributed by atoms with Gasteiger partial charge in [-0.15, -0.1) is 0 Å². The van der Waals surface area contributed by atoms with Crippen LogP contribution in [0, 0.1) is 0 Å². The van der Waals surface area contributed by atoms with Gasteiger partial charge in [-0.2, -0.15) is 0 Å². The number of hydrogen-bond donors (Lipinski definition) is 2. The third kappa shape index (κ3) is 21.0. The Labute approximate surface area is 177 Å². The van der Waals surface area contributed by atoms with Gasteiger partial charge in [-0.3, -0.25) is 4.79 Å². The number of unbranched alkanes of at least 4 members (excludes halogenated alkanes) is 10. The second-order valence-electron chi connectivity index (χ2n) is 6.26. The van der Waals surface area contributed by atoms with Crippen molar-refractivity contribution < 1.29 is 15.0 Å². The summed E-state index contributed by atoms with van der Waals surface area (Å²) in [6.07, 6.45) is 16.3. The minimum Gasteiger partial charge on any atom is -0.481 e. The maximum Gasteiger partial charge on any atom is 0.303 e. The van der Waals surface area contributed by atoms with Crippen LogP contribution in [0.3, 0.4) is 0 Å².